The Balaban J connectivity index is 2.05. The molecule has 2 aromatic rings. The van der Waals surface area contributed by atoms with Gasteiger partial charge in [0.05, 0.1) is 7.11 Å². The molecular weight excluding hydrogens is 492 g/mol. The fourth-order valence-corrected chi connectivity index (χ4v) is 4.73. The summed E-state index contributed by atoms with van der Waals surface area (Å²) in [5.41, 5.74) is 1.90. The first-order valence-electron chi connectivity index (χ1n) is 12.1. The van der Waals surface area contributed by atoms with Gasteiger partial charge >= 0.3 is 11.9 Å². The van der Waals surface area contributed by atoms with Gasteiger partial charge in [-0.15, -0.1) is 0 Å². The monoisotopic (exact) mass is 524 g/mol. The second-order valence-electron chi connectivity index (χ2n) is 10.0. The minimum Gasteiger partial charge on any atom is -0.468 e. The van der Waals surface area contributed by atoms with Crippen LogP contribution in [0.3, 0.4) is 0 Å². The SMILES string of the molecule is COC(=O)C1C(C)=NC(C)=C(C(=O)NC(Cc2ccccc2)C(=O)OC(C)(C)C)C1c1ccccc1Cl. The first-order chi connectivity index (χ1) is 17.4. The van der Waals surface area contributed by atoms with Crippen molar-refractivity contribution in [3.63, 3.8) is 0 Å². The largest absolute Gasteiger partial charge is 0.468 e. The molecule has 1 aliphatic rings. The molecular formula is C29H33ClN2O5. The highest BCUT2D eigenvalue weighted by Gasteiger charge is 2.43. The van der Waals surface area contributed by atoms with Gasteiger partial charge < -0.3 is 14.8 Å². The van der Waals surface area contributed by atoms with Crippen LogP contribution in [-0.2, 0) is 30.3 Å². The Kier molecular flexibility index (Phi) is 8.92. The molecule has 2 aromatic carbocycles. The van der Waals surface area contributed by atoms with E-state index in [0.29, 0.717) is 22.0 Å². The summed E-state index contributed by atoms with van der Waals surface area (Å²) in [4.78, 5) is 44.5. The van der Waals surface area contributed by atoms with E-state index in [1.54, 1.807) is 58.9 Å². The molecule has 37 heavy (non-hydrogen) atoms. The van der Waals surface area contributed by atoms with E-state index < -0.39 is 41.3 Å². The van der Waals surface area contributed by atoms with Crippen LogP contribution >= 0.6 is 11.6 Å². The lowest BCUT2D eigenvalue weighted by atomic mass is 9.75. The zero-order valence-corrected chi connectivity index (χ0v) is 22.8. The maximum absolute atomic E-state index is 13.9. The molecule has 3 rings (SSSR count). The van der Waals surface area contributed by atoms with E-state index in [9.17, 15) is 14.4 Å². The Morgan fingerprint density at radius 2 is 1.65 bits per heavy atom. The standard InChI is InChI=1S/C29H33ClN2O5/c1-17-23(25(20-14-10-11-15-21(20)30)24(18(2)31-17)28(35)36-6)26(33)32-22(27(34)37-29(3,4)5)16-19-12-8-7-9-13-19/h7-15,22,24-25H,16H2,1-6H3,(H,32,33). The minimum absolute atomic E-state index is 0.229. The van der Waals surface area contributed by atoms with Crippen LogP contribution in [0.4, 0.5) is 0 Å². The molecule has 7 nitrogen and oxygen atoms in total. The molecule has 0 radical (unpaired) electrons. The first-order valence-corrected chi connectivity index (χ1v) is 12.5. The normalized spacial score (nSPS) is 18.5. The van der Waals surface area contributed by atoms with Gasteiger partial charge in [0, 0.05) is 34.3 Å². The third kappa shape index (κ3) is 6.86. The van der Waals surface area contributed by atoms with Gasteiger partial charge in [-0.2, -0.15) is 0 Å². The molecule has 1 heterocycles. The van der Waals surface area contributed by atoms with Crippen molar-refractivity contribution in [2.45, 2.75) is 58.6 Å². The lowest BCUT2D eigenvalue weighted by Gasteiger charge is -2.33. The third-order valence-corrected chi connectivity index (χ3v) is 6.39. The van der Waals surface area contributed by atoms with Gasteiger partial charge in [-0.25, -0.2) is 4.79 Å². The van der Waals surface area contributed by atoms with Crippen molar-refractivity contribution in [3.8, 4) is 0 Å². The fourth-order valence-electron chi connectivity index (χ4n) is 4.48. The minimum atomic E-state index is -0.968. The van der Waals surface area contributed by atoms with Crippen molar-refractivity contribution in [1.29, 1.82) is 0 Å². The van der Waals surface area contributed by atoms with Crippen molar-refractivity contribution < 1.29 is 23.9 Å². The summed E-state index contributed by atoms with van der Waals surface area (Å²) >= 11 is 6.55. The van der Waals surface area contributed by atoms with Crippen molar-refractivity contribution in [3.05, 3.63) is 82.0 Å². The summed E-state index contributed by atoms with van der Waals surface area (Å²) in [6, 6.07) is 15.4. The lowest BCUT2D eigenvalue weighted by Crippen LogP contribution is -2.48. The molecule has 8 heteroatoms. The molecule has 1 N–H and O–H groups in total. The Morgan fingerprint density at radius 1 is 1.03 bits per heavy atom. The van der Waals surface area contributed by atoms with Gasteiger partial charge in [0.2, 0.25) is 5.91 Å². The quantitative estimate of drug-likeness (QED) is 0.513. The lowest BCUT2D eigenvalue weighted by molar-refractivity contribution is -0.158. The molecule has 0 saturated carbocycles. The fraction of sp³-hybridized carbons (Fsp3) is 0.379. The summed E-state index contributed by atoms with van der Waals surface area (Å²) in [6.07, 6.45) is 0.229. The number of carbonyl (C=O) groups excluding carboxylic acids is 3. The van der Waals surface area contributed by atoms with E-state index >= 15 is 0 Å². The number of hydrogen-bond acceptors (Lipinski definition) is 6. The molecule has 196 valence electrons. The number of allylic oxidation sites excluding steroid dienone is 1. The number of carbonyl (C=O) groups is 3. The number of amides is 1. The smallest absolute Gasteiger partial charge is 0.329 e. The predicted octanol–water partition coefficient (Wildman–Crippen LogP) is 5.03. The Labute approximate surface area is 222 Å². The number of ether oxygens (including phenoxy) is 2. The molecule has 3 atom stereocenters. The van der Waals surface area contributed by atoms with Gasteiger partial charge in [0.25, 0.3) is 0 Å². The number of aliphatic imine (C=N–C) groups is 1. The van der Waals surface area contributed by atoms with Gasteiger partial charge in [-0.05, 0) is 51.8 Å². The van der Waals surface area contributed by atoms with Crippen molar-refractivity contribution in [2.75, 3.05) is 7.11 Å². The number of hydrogen-bond donors (Lipinski definition) is 1. The Hall–Kier alpha value is -3.45. The van der Waals surface area contributed by atoms with Gasteiger partial charge in [-0.3, -0.25) is 14.6 Å². The van der Waals surface area contributed by atoms with Crippen LogP contribution in [0.1, 0.15) is 51.7 Å². The first kappa shape index (κ1) is 28.1. The van der Waals surface area contributed by atoms with Crippen molar-refractivity contribution in [2.24, 2.45) is 10.9 Å². The van der Waals surface area contributed by atoms with Gasteiger partial charge in [-0.1, -0.05) is 60.1 Å². The van der Waals surface area contributed by atoms with Crippen LogP contribution in [0.25, 0.3) is 0 Å². The topological polar surface area (TPSA) is 94.1 Å². The number of benzene rings is 2. The van der Waals surface area contributed by atoms with Crippen molar-refractivity contribution in [1.82, 2.24) is 5.32 Å². The van der Waals surface area contributed by atoms with E-state index in [1.165, 1.54) is 7.11 Å². The van der Waals surface area contributed by atoms with E-state index in [-0.39, 0.29) is 12.0 Å². The molecule has 0 aliphatic carbocycles. The van der Waals surface area contributed by atoms with Crippen LogP contribution in [0, 0.1) is 5.92 Å². The summed E-state index contributed by atoms with van der Waals surface area (Å²) in [5.74, 6) is -3.23. The average molecular weight is 525 g/mol. The number of methoxy groups -OCH3 is 1. The van der Waals surface area contributed by atoms with Crippen LogP contribution in [0.2, 0.25) is 5.02 Å². The van der Waals surface area contributed by atoms with Gasteiger partial charge in [0.1, 0.15) is 17.6 Å². The van der Waals surface area contributed by atoms with Crippen molar-refractivity contribution >= 4 is 35.2 Å². The molecule has 0 bridgehead atoms. The average Bonchev–Trinajstić information content (AvgIpc) is 2.82. The van der Waals surface area contributed by atoms with E-state index in [2.05, 4.69) is 10.3 Å². The second kappa shape index (κ2) is 11.7. The molecule has 0 saturated heterocycles. The highest BCUT2D eigenvalue weighted by molar-refractivity contribution is 6.31. The third-order valence-electron chi connectivity index (χ3n) is 6.05. The number of esters is 2. The Bertz CT molecular complexity index is 1230. The van der Waals surface area contributed by atoms with Crippen LogP contribution in [-0.4, -0.2) is 42.3 Å². The van der Waals surface area contributed by atoms with Crippen LogP contribution in [0.15, 0.2) is 70.9 Å². The summed E-state index contributed by atoms with van der Waals surface area (Å²) < 4.78 is 10.7. The van der Waals surface area contributed by atoms with Crippen LogP contribution < -0.4 is 5.32 Å². The maximum atomic E-state index is 13.9. The van der Waals surface area contributed by atoms with E-state index in [1.807, 2.05) is 30.3 Å². The summed E-state index contributed by atoms with van der Waals surface area (Å²) in [7, 11) is 1.29. The number of nitrogens with zero attached hydrogens (tertiary/aromatic N) is 1. The second-order valence-corrected chi connectivity index (χ2v) is 10.4. The number of rotatable bonds is 7. The highest BCUT2D eigenvalue weighted by atomic mass is 35.5. The molecule has 1 aliphatic heterocycles. The number of halogens is 1. The molecule has 3 unspecified atom stereocenters. The van der Waals surface area contributed by atoms with E-state index in [4.69, 9.17) is 21.1 Å². The molecule has 1 amide bonds. The maximum Gasteiger partial charge on any atom is 0.329 e. The van der Waals surface area contributed by atoms with Crippen LogP contribution in [0.5, 0.6) is 0 Å². The summed E-state index contributed by atoms with van der Waals surface area (Å²) in [6.45, 7) is 8.74. The zero-order chi connectivity index (χ0) is 27.3. The summed E-state index contributed by atoms with van der Waals surface area (Å²) in [5, 5.41) is 3.27. The molecule has 0 fully saturated rings. The zero-order valence-electron chi connectivity index (χ0n) is 22.0. The predicted molar refractivity (Wildman–Crippen MR) is 143 cm³/mol. The highest BCUT2D eigenvalue weighted by Crippen LogP contribution is 2.42. The van der Waals surface area contributed by atoms with Gasteiger partial charge in [0.15, 0.2) is 0 Å². The molecule has 0 spiro atoms. The molecule has 0 aromatic heterocycles. The van der Waals surface area contributed by atoms with E-state index in [0.717, 1.165) is 5.56 Å². The Morgan fingerprint density at radius 3 is 2.24 bits per heavy atom. The number of nitrogens with one attached hydrogen (secondary N) is 1.